The summed E-state index contributed by atoms with van der Waals surface area (Å²) in [4.78, 5) is 0. The largest absolute Gasteiger partial charge is 0.390 e. The van der Waals surface area contributed by atoms with Crippen LogP contribution in [0.1, 0.15) is 13.8 Å². The summed E-state index contributed by atoms with van der Waals surface area (Å²) in [5.74, 6) is 0.757. The van der Waals surface area contributed by atoms with E-state index in [9.17, 15) is 0 Å². The van der Waals surface area contributed by atoms with Crippen LogP contribution >= 0.6 is 11.8 Å². The first-order chi connectivity index (χ1) is 4.66. The van der Waals surface area contributed by atoms with E-state index in [2.05, 4.69) is 0 Å². The molecule has 1 atom stereocenters. The zero-order valence-corrected chi connectivity index (χ0v) is 7.65. The molecule has 3 heteroatoms. The van der Waals surface area contributed by atoms with Gasteiger partial charge >= 0.3 is 0 Å². The monoisotopic (exact) mass is 164 g/mol. The van der Waals surface area contributed by atoms with E-state index < -0.39 is 0 Å². The molecule has 10 heavy (non-hydrogen) atoms. The van der Waals surface area contributed by atoms with Gasteiger partial charge in [-0.3, -0.25) is 0 Å². The Hall–Kier alpha value is 0.270. The lowest BCUT2D eigenvalue weighted by Gasteiger charge is -2.11. The first-order valence-electron chi connectivity index (χ1n) is 3.45. The van der Waals surface area contributed by atoms with Gasteiger partial charge in [0.05, 0.1) is 18.8 Å². The molecule has 0 aliphatic carbocycles. The van der Waals surface area contributed by atoms with Gasteiger partial charge < -0.3 is 9.84 Å². The van der Waals surface area contributed by atoms with Crippen molar-refractivity contribution in [1.82, 2.24) is 0 Å². The van der Waals surface area contributed by atoms with Crippen LogP contribution in [-0.2, 0) is 4.74 Å². The Labute approximate surface area is 67.0 Å². The quantitative estimate of drug-likeness (QED) is 0.660. The van der Waals surface area contributed by atoms with E-state index in [-0.39, 0.29) is 12.2 Å². The summed E-state index contributed by atoms with van der Waals surface area (Å²) >= 11 is 1.63. The van der Waals surface area contributed by atoms with Crippen LogP contribution in [0.25, 0.3) is 0 Å². The van der Waals surface area contributed by atoms with E-state index in [0.717, 1.165) is 5.75 Å². The summed E-state index contributed by atoms with van der Waals surface area (Å²) < 4.78 is 5.19. The molecule has 1 N–H and O–H groups in total. The van der Waals surface area contributed by atoms with Gasteiger partial charge in [0.2, 0.25) is 0 Å². The molecule has 0 aromatic carbocycles. The second-order valence-corrected chi connectivity index (χ2v) is 3.40. The van der Waals surface area contributed by atoms with Crippen LogP contribution in [-0.4, -0.2) is 35.9 Å². The number of aliphatic hydroxyl groups is 1. The fourth-order valence-corrected chi connectivity index (χ4v) is 1.03. The molecule has 0 spiro atoms. The van der Waals surface area contributed by atoms with E-state index in [1.54, 1.807) is 11.8 Å². The normalized spacial score (nSPS) is 14.1. The molecular weight excluding hydrogens is 148 g/mol. The van der Waals surface area contributed by atoms with E-state index in [0.29, 0.717) is 6.61 Å². The molecule has 0 radical (unpaired) electrons. The molecule has 0 aromatic rings. The number of aliphatic hydroxyl groups excluding tert-OH is 1. The SMILES string of the molecule is CSCC(O)COC(C)C. The van der Waals surface area contributed by atoms with Crippen molar-refractivity contribution in [2.24, 2.45) is 0 Å². The number of hydrogen-bond acceptors (Lipinski definition) is 3. The maximum atomic E-state index is 9.15. The topological polar surface area (TPSA) is 29.5 Å². The highest BCUT2D eigenvalue weighted by molar-refractivity contribution is 7.98. The molecule has 0 amide bonds. The minimum Gasteiger partial charge on any atom is -0.390 e. The summed E-state index contributed by atoms with van der Waals surface area (Å²) in [6.45, 7) is 4.39. The Balaban J connectivity index is 3.12. The molecule has 2 nitrogen and oxygen atoms in total. The van der Waals surface area contributed by atoms with E-state index >= 15 is 0 Å². The average molecular weight is 164 g/mol. The standard InChI is InChI=1S/C7H16O2S/c1-6(2)9-4-7(8)5-10-3/h6-8H,4-5H2,1-3H3. The lowest BCUT2D eigenvalue weighted by Crippen LogP contribution is -2.20. The van der Waals surface area contributed by atoms with Crippen molar-refractivity contribution in [2.45, 2.75) is 26.1 Å². The highest BCUT2D eigenvalue weighted by Crippen LogP contribution is 1.98. The van der Waals surface area contributed by atoms with Crippen molar-refractivity contribution in [3.63, 3.8) is 0 Å². The van der Waals surface area contributed by atoms with Gasteiger partial charge in [-0.15, -0.1) is 0 Å². The smallest absolute Gasteiger partial charge is 0.0863 e. The molecular formula is C7H16O2S. The average Bonchev–Trinajstić information content (AvgIpc) is 1.85. The first-order valence-corrected chi connectivity index (χ1v) is 4.84. The molecule has 0 aliphatic heterocycles. The number of ether oxygens (including phenoxy) is 1. The minimum atomic E-state index is -0.308. The maximum absolute atomic E-state index is 9.15. The molecule has 0 fully saturated rings. The van der Waals surface area contributed by atoms with Crippen molar-refractivity contribution in [3.05, 3.63) is 0 Å². The van der Waals surface area contributed by atoms with Crippen LogP contribution in [0.2, 0.25) is 0 Å². The summed E-state index contributed by atoms with van der Waals surface area (Å²) in [5.41, 5.74) is 0. The fourth-order valence-electron chi connectivity index (χ4n) is 0.544. The van der Waals surface area contributed by atoms with Crippen LogP contribution < -0.4 is 0 Å². The van der Waals surface area contributed by atoms with Crippen LogP contribution in [0.4, 0.5) is 0 Å². The summed E-state index contributed by atoms with van der Waals surface area (Å²) in [6.07, 6.45) is 1.88. The van der Waals surface area contributed by atoms with Crippen molar-refractivity contribution in [3.8, 4) is 0 Å². The zero-order chi connectivity index (χ0) is 7.98. The molecule has 1 unspecified atom stereocenters. The highest BCUT2D eigenvalue weighted by Gasteiger charge is 2.03. The molecule has 0 heterocycles. The third kappa shape index (κ3) is 6.39. The van der Waals surface area contributed by atoms with Crippen LogP contribution in [0.5, 0.6) is 0 Å². The van der Waals surface area contributed by atoms with Gasteiger partial charge in [-0.2, -0.15) is 11.8 Å². The predicted molar refractivity (Wildman–Crippen MR) is 45.5 cm³/mol. The molecule has 0 aliphatic rings. The number of thioether (sulfide) groups is 1. The zero-order valence-electron chi connectivity index (χ0n) is 6.83. The van der Waals surface area contributed by atoms with E-state index in [1.165, 1.54) is 0 Å². The predicted octanol–water partition coefficient (Wildman–Crippen LogP) is 1.14. The Morgan fingerprint density at radius 3 is 2.50 bits per heavy atom. The molecule has 0 saturated carbocycles. The van der Waals surface area contributed by atoms with Gasteiger partial charge in [-0.25, -0.2) is 0 Å². The second-order valence-electron chi connectivity index (χ2n) is 2.49. The van der Waals surface area contributed by atoms with Crippen molar-refractivity contribution < 1.29 is 9.84 Å². The van der Waals surface area contributed by atoms with Gasteiger partial charge in [0.15, 0.2) is 0 Å². The maximum Gasteiger partial charge on any atom is 0.0863 e. The van der Waals surface area contributed by atoms with E-state index in [4.69, 9.17) is 9.84 Å². The Morgan fingerprint density at radius 2 is 2.10 bits per heavy atom. The van der Waals surface area contributed by atoms with Crippen molar-refractivity contribution >= 4 is 11.8 Å². The third-order valence-electron chi connectivity index (χ3n) is 0.981. The van der Waals surface area contributed by atoms with Gasteiger partial charge in [0, 0.05) is 5.75 Å². The molecule has 0 aromatic heterocycles. The number of rotatable bonds is 5. The molecule has 62 valence electrons. The Morgan fingerprint density at radius 1 is 1.50 bits per heavy atom. The lowest BCUT2D eigenvalue weighted by molar-refractivity contribution is 0.0153. The van der Waals surface area contributed by atoms with Gasteiger partial charge in [0.25, 0.3) is 0 Å². The van der Waals surface area contributed by atoms with Crippen LogP contribution in [0.15, 0.2) is 0 Å². The third-order valence-corrected chi connectivity index (χ3v) is 1.70. The summed E-state index contributed by atoms with van der Waals surface area (Å²) in [7, 11) is 0. The second kappa shape index (κ2) is 6.01. The Bertz CT molecular complexity index is 76.0. The van der Waals surface area contributed by atoms with E-state index in [1.807, 2.05) is 20.1 Å². The molecule has 0 rings (SSSR count). The van der Waals surface area contributed by atoms with Crippen LogP contribution in [0.3, 0.4) is 0 Å². The number of hydrogen-bond donors (Lipinski definition) is 1. The van der Waals surface area contributed by atoms with Crippen molar-refractivity contribution in [2.75, 3.05) is 18.6 Å². The van der Waals surface area contributed by atoms with Crippen molar-refractivity contribution in [1.29, 1.82) is 0 Å². The summed E-state index contributed by atoms with van der Waals surface area (Å²) in [6, 6.07) is 0. The first kappa shape index (κ1) is 10.3. The minimum absolute atomic E-state index is 0.219. The summed E-state index contributed by atoms with van der Waals surface area (Å²) in [5, 5.41) is 9.15. The fraction of sp³-hybridized carbons (Fsp3) is 1.00. The highest BCUT2D eigenvalue weighted by atomic mass is 32.2. The Kier molecular flexibility index (Phi) is 6.17. The van der Waals surface area contributed by atoms with Gasteiger partial charge in [-0.05, 0) is 20.1 Å². The van der Waals surface area contributed by atoms with Gasteiger partial charge in [-0.1, -0.05) is 0 Å². The van der Waals surface area contributed by atoms with Crippen LogP contribution in [0, 0.1) is 0 Å². The molecule has 0 bridgehead atoms. The molecule has 0 saturated heterocycles. The lowest BCUT2D eigenvalue weighted by atomic mass is 10.4. The van der Waals surface area contributed by atoms with Gasteiger partial charge in [0.1, 0.15) is 0 Å².